The van der Waals surface area contributed by atoms with E-state index in [0.717, 1.165) is 42.5 Å². The van der Waals surface area contributed by atoms with Crippen molar-refractivity contribution in [2.75, 3.05) is 7.05 Å². The zero-order chi connectivity index (χ0) is 24.4. The van der Waals surface area contributed by atoms with Crippen molar-refractivity contribution in [3.63, 3.8) is 0 Å². The van der Waals surface area contributed by atoms with Crippen LogP contribution in [0.3, 0.4) is 0 Å². The molecule has 182 valence electrons. The summed E-state index contributed by atoms with van der Waals surface area (Å²) in [6, 6.07) is 16.1. The van der Waals surface area contributed by atoms with Gasteiger partial charge < -0.3 is 14.2 Å². The van der Waals surface area contributed by atoms with Crippen LogP contribution in [0.4, 0.5) is 4.39 Å². The van der Waals surface area contributed by atoms with Gasteiger partial charge in [0, 0.05) is 44.5 Å². The molecule has 0 bridgehead atoms. The number of benzene rings is 2. The molecule has 35 heavy (non-hydrogen) atoms. The number of hydrogen-bond donors (Lipinski definition) is 0. The Morgan fingerprint density at radius 1 is 1.11 bits per heavy atom. The smallest absolute Gasteiger partial charge is 0.306 e. The van der Waals surface area contributed by atoms with Crippen molar-refractivity contribution in [2.45, 2.75) is 63.6 Å². The molecule has 1 saturated heterocycles. The number of nitrogens with zero attached hydrogens (tertiary/aromatic N) is 3. The van der Waals surface area contributed by atoms with Crippen molar-refractivity contribution in [3.8, 4) is 11.4 Å². The van der Waals surface area contributed by atoms with Gasteiger partial charge in [0.1, 0.15) is 17.7 Å². The summed E-state index contributed by atoms with van der Waals surface area (Å²) in [5.41, 5.74) is 3.22. The van der Waals surface area contributed by atoms with Gasteiger partial charge in [-0.05, 0) is 55.5 Å². The minimum atomic E-state index is -0.317. The Morgan fingerprint density at radius 2 is 1.86 bits per heavy atom. The molecule has 2 aliphatic rings. The Morgan fingerprint density at radius 3 is 2.54 bits per heavy atom. The fourth-order valence-electron chi connectivity index (χ4n) is 4.80. The van der Waals surface area contributed by atoms with E-state index in [4.69, 9.17) is 9.72 Å². The van der Waals surface area contributed by atoms with Gasteiger partial charge in [-0.3, -0.25) is 9.59 Å². The summed E-state index contributed by atoms with van der Waals surface area (Å²) >= 11 is 0. The van der Waals surface area contributed by atoms with Crippen LogP contribution in [-0.2, 0) is 22.6 Å². The molecule has 1 aliphatic heterocycles. The number of carbonyl (C=O) groups excluding carboxylic acids is 2. The molecule has 1 aliphatic carbocycles. The average molecular weight is 476 g/mol. The molecule has 2 fully saturated rings. The van der Waals surface area contributed by atoms with E-state index in [1.807, 2.05) is 30.3 Å². The number of esters is 1. The molecule has 0 spiro atoms. The molecule has 1 saturated carbocycles. The minimum absolute atomic E-state index is 0.123. The number of halogens is 1. The molecule has 1 aromatic heterocycles. The molecule has 0 N–H and O–H groups in total. The number of rotatable bonds is 8. The molecule has 5 rings (SSSR count). The number of imidazole rings is 1. The van der Waals surface area contributed by atoms with Crippen LogP contribution in [-0.4, -0.2) is 39.5 Å². The molecule has 1 amide bonds. The molecule has 2 aromatic carbocycles. The van der Waals surface area contributed by atoms with E-state index in [2.05, 4.69) is 4.57 Å². The maximum absolute atomic E-state index is 13.7. The number of hydrogen-bond acceptors (Lipinski definition) is 4. The standard InChI is InChI=1S/C28H30FN3O3/c1-31(18-19-6-3-2-4-7-19)28(34)25-26(20-10-11-20)32(17-16-23-8-5-9-24(33)35-23)27(30-25)21-12-14-22(29)15-13-21/h2-4,6-7,12-15,20,23H,5,8-11,16-18H2,1H3. The summed E-state index contributed by atoms with van der Waals surface area (Å²) in [6.07, 6.45) is 4.70. The summed E-state index contributed by atoms with van der Waals surface area (Å²) in [5.74, 6) is 0.343. The normalized spacial score (nSPS) is 17.8. The van der Waals surface area contributed by atoms with Crippen LogP contribution in [0.15, 0.2) is 54.6 Å². The minimum Gasteiger partial charge on any atom is -0.462 e. The van der Waals surface area contributed by atoms with E-state index < -0.39 is 0 Å². The summed E-state index contributed by atoms with van der Waals surface area (Å²) in [7, 11) is 1.80. The number of ether oxygens (including phenoxy) is 1. The van der Waals surface area contributed by atoms with Gasteiger partial charge in [-0.1, -0.05) is 30.3 Å². The first kappa shape index (κ1) is 23.3. The van der Waals surface area contributed by atoms with E-state index in [0.29, 0.717) is 37.4 Å². The lowest BCUT2D eigenvalue weighted by atomic mass is 10.1. The summed E-state index contributed by atoms with van der Waals surface area (Å²) in [4.78, 5) is 32.0. The Bertz CT molecular complexity index is 1200. The molecule has 7 heteroatoms. The molecule has 3 aromatic rings. The number of amides is 1. The molecule has 2 heterocycles. The van der Waals surface area contributed by atoms with Crippen LogP contribution in [0.2, 0.25) is 0 Å². The van der Waals surface area contributed by atoms with Gasteiger partial charge in [0.05, 0.1) is 5.69 Å². The van der Waals surface area contributed by atoms with Crippen molar-refractivity contribution in [1.29, 1.82) is 0 Å². The zero-order valence-electron chi connectivity index (χ0n) is 20.0. The fourth-order valence-corrected chi connectivity index (χ4v) is 4.80. The second-order valence-electron chi connectivity index (χ2n) is 9.54. The topological polar surface area (TPSA) is 64.4 Å². The molecule has 0 radical (unpaired) electrons. The number of carbonyl (C=O) groups is 2. The Kier molecular flexibility index (Phi) is 6.66. The first-order chi connectivity index (χ1) is 17.0. The number of aromatic nitrogens is 2. The van der Waals surface area contributed by atoms with Crippen LogP contribution in [0.1, 0.15) is 66.2 Å². The highest BCUT2D eigenvalue weighted by molar-refractivity contribution is 5.94. The zero-order valence-corrected chi connectivity index (χ0v) is 20.0. The predicted molar refractivity (Wildman–Crippen MR) is 130 cm³/mol. The summed E-state index contributed by atoms with van der Waals surface area (Å²) < 4.78 is 21.3. The van der Waals surface area contributed by atoms with Crippen LogP contribution >= 0.6 is 0 Å². The summed E-state index contributed by atoms with van der Waals surface area (Å²) in [5, 5.41) is 0. The molecule has 1 atom stereocenters. The van der Waals surface area contributed by atoms with Crippen LogP contribution < -0.4 is 0 Å². The van der Waals surface area contributed by atoms with Crippen molar-refractivity contribution in [1.82, 2.24) is 14.5 Å². The third-order valence-corrected chi connectivity index (χ3v) is 6.76. The molecular weight excluding hydrogens is 445 g/mol. The van der Waals surface area contributed by atoms with Gasteiger partial charge in [0.15, 0.2) is 5.69 Å². The van der Waals surface area contributed by atoms with Gasteiger partial charge in [0.2, 0.25) is 0 Å². The SMILES string of the molecule is CN(Cc1ccccc1)C(=O)c1nc(-c2ccc(F)cc2)n(CCC2CCCC(=O)O2)c1C1CC1. The van der Waals surface area contributed by atoms with Gasteiger partial charge in [-0.25, -0.2) is 9.37 Å². The van der Waals surface area contributed by atoms with E-state index in [1.54, 1.807) is 24.1 Å². The lowest BCUT2D eigenvalue weighted by Gasteiger charge is -2.23. The van der Waals surface area contributed by atoms with Crippen molar-refractivity contribution in [3.05, 3.63) is 77.4 Å². The lowest BCUT2D eigenvalue weighted by Crippen LogP contribution is -2.28. The highest BCUT2D eigenvalue weighted by Gasteiger charge is 2.36. The van der Waals surface area contributed by atoms with Gasteiger partial charge in [0.25, 0.3) is 5.91 Å². The monoisotopic (exact) mass is 475 g/mol. The van der Waals surface area contributed by atoms with Gasteiger partial charge in [-0.2, -0.15) is 0 Å². The van der Waals surface area contributed by atoms with Crippen molar-refractivity contribution < 1.29 is 18.7 Å². The van der Waals surface area contributed by atoms with Crippen molar-refractivity contribution in [2.24, 2.45) is 0 Å². The predicted octanol–water partition coefficient (Wildman–Crippen LogP) is 5.32. The maximum atomic E-state index is 13.7. The molecule has 1 unspecified atom stereocenters. The molecular formula is C28H30FN3O3. The second kappa shape index (κ2) is 10.0. The fraction of sp³-hybridized carbons (Fsp3) is 0.393. The quantitative estimate of drug-likeness (QED) is 0.414. The third-order valence-electron chi connectivity index (χ3n) is 6.76. The first-order valence-electron chi connectivity index (χ1n) is 12.3. The average Bonchev–Trinajstić information content (AvgIpc) is 3.63. The Balaban J connectivity index is 1.49. The Hall–Kier alpha value is -3.48. The van der Waals surface area contributed by atoms with E-state index in [9.17, 15) is 14.0 Å². The van der Waals surface area contributed by atoms with Crippen LogP contribution in [0.5, 0.6) is 0 Å². The second-order valence-corrected chi connectivity index (χ2v) is 9.54. The van der Waals surface area contributed by atoms with E-state index in [1.165, 1.54) is 12.1 Å². The highest BCUT2D eigenvalue weighted by atomic mass is 19.1. The summed E-state index contributed by atoms with van der Waals surface area (Å²) in [6.45, 7) is 1.07. The third kappa shape index (κ3) is 5.29. The molecule has 6 nitrogen and oxygen atoms in total. The van der Waals surface area contributed by atoms with Gasteiger partial charge in [-0.15, -0.1) is 0 Å². The largest absolute Gasteiger partial charge is 0.462 e. The van der Waals surface area contributed by atoms with Gasteiger partial charge >= 0.3 is 5.97 Å². The highest BCUT2D eigenvalue weighted by Crippen LogP contribution is 2.44. The Labute approximate surface area is 204 Å². The van der Waals surface area contributed by atoms with Crippen LogP contribution in [0, 0.1) is 5.82 Å². The number of cyclic esters (lactones) is 1. The van der Waals surface area contributed by atoms with Crippen molar-refractivity contribution >= 4 is 11.9 Å². The first-order valence-corrected chi connectivity index (χ1v) is 12.3. The maximum Gasteiger partial charge on any atom is 0.306 e. The van der Waals surface area contributed by atoms with Crippen LogP contribution in [0.25, 0.3) is 11.4 Å². The van der Waals surface area contributed by atoms with E-state index in [-0.39, 0.29) is 29.7 Å². The van der Waals surface area contributed by atoms with E-state index >= 15 is 0 Å². The lowest BCUT2D eigenvalue weighted by molar-refractivity contribution is -0.154.